The first-order valence-electron chi connectivity index (χ1n) is 6.87. The average Bonchev–Trinajstić information content (AvgIpc) is 2.40. The van der Waals surface area contributed by atoms with Gasteiger partial charge in [0.2, 0.25) is 5.91 Å². The van der Waals surface area contributed by atoms with Crippen molar-refractivity contribution in [3.05, 3.63) is 35.9 Å². The summed E-state index contributed by atoms with van der Waals surface area (Å²) in [6.45, 7) is 8.20. The Kier molecular flexibility index (Phi) is 14.5. The molecule has 0 saturated carbocycles. The van der Waals surface area contributed by atoms with E-state index in [1.165, 1.54) is 25.1 Å². The van der Waals surface area contributed by atoms with Gasteiger partial charge in [0.05, 0.1) is 0 Å². The van der Waals surface area contributed by atoms with Gasteiger partial charge in [0.15, 0.2) is 0 Å². The normalized spacial score (nSPS) is 10.3. The third kappa shape index (κ3) is 13.0. The van der Waals surface area contributed by atoms with Crippen LogP contribution in [0.5, 0.6) is 0 Å². The molecule has 0 fully saturated rings. The lowest BCUT2D eigenvalue weighted by Gasteiger charge is -2.13. The highest BCUT2D eigenvalue weighted by Crippen LogP contribution is 1.99. The summed E-state index contributed by atoms with van der Waals surface area (Å²) in [4.78, 5) is 10.5. The maximum absolute atomic E-state index is 11.9. The fourth-order valence-corrected chi connectivity index (χ4v) is 1.33. The molecule has 1 atom stereocenters. The number of rotatable bonds is 4. The Morgan fingerprint density at radius 1 is 1.30 bits per heavy atom. The molecule has 0 aliphatic rings. The van der Waals surface area contributed by atoms with Gasteiger partial charge >= 0.3 is 0 Å². The molecule has 1 amide bonds. The molecule has 3 N–H and O–H groups in total. The van der Waals surface area contributed by atoms with E-state index in [9.17, 15) is 13.6 Å². The van der Waals surface area contributed by atoms with E-state index in [0.717, 1.165) is 18.9 Å². The first-order chi connectivity index (χ1) is 9.49. The minimum atomic E-state index is -0.537. The van der Waals surface area contributed by atoms with Crippen molar-refractivity contribution < 1.29 is 13.6 Å². The Balaban J connectivity index is 0. The zero-order valence-electron chi connectivity index (χ0n) is 12.7. The lowest BCUT2D eigenvalue weighted by molar-refractivity contribution is -0.119. The molecular formula is C15H26F2N2O. The fraction of sp³-hybridized carbons (Fsp3) is 0.533. The van der Waals surface area contributed by atoms with Crippen molar-refractivity contribution in [2.45, 2.75) is 46.6 Å². The molecule has 1 rings (SSSR count). The third-order valence-corrected chi connectivity index (χ3v) is 2.20. The Morgan fingerprint density at radius 2 is 1.80 bits per heavy atom. The topological polar surface area (TPSA) is 55.1 Å². The molecule has 0 radical (unpaired) electrons. The number of nitrogens with one attached hydrogen (secondary N) is 1. The molecule has 0 aromatic heterocycles. The van der Waals surface area contributed by atoms with Gasteiger partial charge in [-0.1, -0.05) is 26.8 Å². The molecule has 0 bridgehead atoms. The van der Waals surface area contributed by atoms with Gasteiger partial charge in [0.1, 0.15) is 11.6 Å². The summed E-state index contributed by atoms with van der Waals surface area (Å²) < 4.78 is 23.9. The predicted molar refractivity (Wildman–Crippen MR) is 79.3 cm³/mol. The molecule has 1 aromatic carbocycles. The zero-order chi connectivity index (χ0) is 16.0. The van der Waals surface area contributed by atoms with E-state index in [4.69, 9.17) is 5.73 Å². The van der Waals surface area contributed by atoms with Crippen LogP contribution in [0, 0.1) is 11.6 Å². The van der Waals surface area contributed by atoms with Crippen LogP contribution >= 0.6 is 0 Å². The van der Waals surface area contributed by atoms with E-state index < -0.39 is 11.6 Å². The van der Waals surface area contributed by atoms with E-state index in [1.807, 2.05) is 20.8 Å². The summed E-state index contributed by atoms with van der Waals surface area (Å²) in [5.74, 6) is -1.05. The molecule has 0 aliphatic heterocycles. The largest absolute Gasteiger partial charge is 0.354 e. The number of hydrogen-bond donors (Lipinski definition) is 2. The highest BCUT2D eigenvalue weighted by Gasteiger charge is 2.04. The Hall–Kier alpha value is -1.49. The van der Waals surface area contributed by atoms with Gasteiger partial charge in [-0.2, -0.15) is 0 Å². The number of halogens is 2. The molecule has 3 nitrogen and oxygen atoms in total. The Morgan fingerprint density at radius 3 is 2.05 bits per heavy atom. The molecule has 20 heavy (non-hydrogen) atoms. The summed E-state index contributed by atoms with van der Waals surface area (Å²) in [5.41, 5.74) is 5.33. The molecule has 0 spiro atoms. The van der Waals surface area contributed by atoms with Gasteiger partial charge in [-0.15, -0.1) is 0 Å². The van der Waals surface area contributed by atoms with E-state index >= 15 is 0 Å². The third-order valence-electron chi connectivity index (χ3n) is 2.20. The molecule has 0 saturated heterocycles. The quantitative estimate of drug-likeness (QED) is 0.893. The maximum atomic E-state index is 11.9. The maximum Gasteiger partial charge on any atom is 0.217 e. The summed E-state index contributed by atoms with van der Waals surface area (Å²) in [7, 11) is 0. The number of hydrogen-bond acceptors (Lipinski definition) is 2. The molecule has 5 heteroatoms. The van der Waals surface area contributed by atoms with Crippen LogP contribution in [-0.2, 0) is 4.79 Å². The van der Waals surface area contributed by atoms with E-state index in [2.05, 4.69) is 5.32 Å². The van der Waals surface area contributed by atoms with Crippen LogP contribution in [0.3, 0.4) is 0 Å². The highest BCUT2D eigenvalue weighted by molar-refractivity contribution is 5.73. The highest BCUT2D eigenvalue weighted by atomic mass is 19.1. The average molecular weight is 288 g/mol. The zero-order valence-corrected chi connectivity index (χ0v) is 12.7. The van der Waals surface area contributed by atoms with Crippen molar-refractivity contribution in [3.63, 3.8) is 0 Å². The summed E-state index contributed by atoms with van der Waals surface area (Å²) in [6.07, 6.45) is 1.83. The van der Waals surface area contributed by atoms with Gasteiger partial charge in [0.25, 0.3) is 0 Å². The van der Waals surface area contributed by atoms with Crippen LogP contribution in [0.4, 0.5) is 8.78 Å². The molecular weight excluding hydrogens is 262 g/mol. The monoisotopic (exact) mass is 288 g/mol. The van der Waals surface area contributed by atoms with Crippen molar-refractivity contribution in [1.82, 2.24) is 5.32 Å². The Bertz CT molecular complexity index is 342. The van der Waals surface area contributed by atoms with Gasteiger partial charge < -0.3 is 11.1 Å². The molecule has 1 aromatic rings. The predicted octanol–water partition coefficient (Wildman–Crippen LogP) is 3.24. The van der Waals surface area contributed by atoms with Crippen LogP contribution in [0.15, 0.2) is 24.3 Å². The minimum Gasteiger partial charge on any atom is -0.354 e. The fourth-order valence-electron chi connectivity index (χ4n) is 1.33. The lowest BCUT2D eigenvalue weighted by atomic mass is 10.1. The van der Waals surface area contributed by atoms with Gasteiger partial charge in [-0.3, -0.25) is 4.79 Å². The van der Waals surface area contributed by atoms with Crippen LogP contribution in [0.1, 0.15) is 40.5 Å². The van der Waals surface area contributed by atoms with E-state index in [0.29, 0.717) is 6.54 Å². The molecule has 116 valence electrons. The second-order valence-electron chi connectivity index (χ2n) is 3.82. The van der Waals surface area contributed by atoms with Gasteiger partial charge in [-0.05, 0) is 31.5 Å². The number of nitrogens with two attached hydrogens (primary N) is 1. The second kappa shape index (κ2) is 13.9. The molecule has 0 heterocycles. The molecule has 0 unspecified atom stereocenters. The van der Waals surface area contributed by atoms with Crippen LogP contribution in [0.2, 0.25) is 0 Å². The van der Waals surface area contributed by atoms with Crippen molar-refractivity contribution in [1.29, 1.82) is 0 Å². The van der Waals surface area contributed by atoms with Gasteiger partial charge in [-0.25, -0.2) is 8.78 Å². The summed E-state index contributed by atoms with van der Waals surface area (Å²) >= 11 is 0. The van der Waals surface area contributed by atoms with Gasteiger partial charge in [0, 0.05) is 19.0 Å². The van der Waals surface area contributed by atoms with Crippen LogP contribution in [-0.4, -0.2) is 18.5 Å². The van der Waals surface area contributed by atoms with E-state index in [-0.39, 0.29) is 11.9 Å². The second-order valence-corrected chi connectivity index (χ2v) is 3.82. The SMILES string of the molecule is CC.CC[C@@H](CCN)NC(C)=O.Fc1cccc(F)c1. The first-order valence-corrected chi connectivity index (χ1v) is 6.87. The van der Waals surface area contributed by atoms with Crippen molar-refractivity contribution >= 4 is 5.91 Å². The molecule has 0 aliphatic carbocycles. The Labute approximate surface area is 120 Å². The number of amides is 1. The smallest absolute Gasteiger partial charge is 0.217 e. The van der Waals surface area contributed by atoms with Crippen molar-refractivity contribution in [3.8, 4) is 0 Å². The van der Waals surface area contributed by atoms with Crippen molar-refractivity contribution in [2.75, 3.05) is 6.54 Å². The van der Waals surface area contributed by atoms with Crippen molar-refractivity contribution in [2.24, 2.45) is 5.73 Å². The minimum absolute atomic E-state index is 0.0281. The van der Waals surface area contributed by atoms with Crippen LogP contribution in [0.25, 0.3) is 0 Å². The first kappa shape index (κ1) is 20.8. The lowest BCUT2D eigenvalue weighted by Crippen LogP contribution is -2.34. The number of carbonyl (C=O) groups excluding carboxylic acids is 1. The van der Waals surface area contributed by atoms with Crippen LogP contribution < -0.4 is 11.1 Å². The summed E-state index contributed by atoms with van der Waals surface area (Å²) in [5, 5.41) is 2.81. The van der Waals surface area contributed by atoms with E-state index in [1.54, 1.807) is 0 Å². The number of carbonyl (C=O) groups is 1. The summed E-state index contributed by atoms with van der Waals surface area (Å²) in [6, 6.07) is 4.82. The standard InChI is InChI=1S/C7H16N2O.C6H4F2.C2H6/c1-3-7(4-5-8)9-6(2)10;7-5-2-1-3-6(8)4-5;1-2/h7H,3-5,8H2,1-2H3,(H,9,10);1-4H;1-2H3/t7-;;/m0../s1. The number of benzene rings is 1.